The van der Waals surface area contributed by atoms with Gasteiger partial charge in [0.25, 0.3) is 0 Å². The Labute approximate surface area is 134 Å². The number of carbonyl (C=O) groups is 2. The van der Waals surface area contributed by atoms with Crippen molar-refractivity contribution in [1.82, 2.24) is 4.90 Å². The number of aliphatic hydroxyl groups excluding tert-OH is 1. The standard InChI is InChI=1S/C17H20N2O4/c1-3-11-8-12(4-5-15(11)21)18-13-9-17(23)14(10-16(13)22)19(2)6-7-20/h4-5,8-10,18,20-21H,3,6-7H2,1-2H3. The number of aliphatic hydroxyl groups is 1. The van der Waals surface area contributed by atoms with Gasteiger partial charge in [0.2, 0.25) is 11.6 Å². The number of hydrogen-bond acceptors (Lipinski definition) is 6. The first-order chi connectivity index (χ1) is 11.0. The smallest absolute Gasteiger partial charge is 0.204 e. The van der Waals surface area contributed by atoms with Crippen molar-refractivity contribution < 1.29 is 19.8 Å². The van der Waals surface area contributed by atoms with Crippen LogP contribution in [-0.4, -0.2) is 46.9 Å². The van der Waals surface area contributed by atoms with Gasteiger partial charge in [0.05, 0.1) is 18.0 Å². The number of aromatic hydroxyl groups is 1. The molecule has 0 fully saturated rings. The van der Waals surface area contributed by atoms with Gasteiger partial charge in [0.1, 0.15) is 5.75 Å². The van der Waals surface area contributed by atoms with Gasteiger partial charge in [-0.1, -0.05) is 6.92 Å². The molecule has 0 amide bonds. The number of allylic oxidation sites excluding steroid dienone is 2. The first kappa shape index (κ1) is 16.8. The Morgan fingerprint density at radius 1 is 1.17 bits per heavy atom. The zero-order valence-corrected chi connectivity index (χ0v) is 13.2. The highest BCUT2D eigenvalue weighted by atomic mass is 16.3. The first-order valence-electron chi connectivity index (χ1n) is 7.39. The maximum Gasteiger partial charge on any atom is 0.204 e. The molecule has 0 heterocycles. The normalized spacial score (nSPS) is 14.4. The van der Waals surface area contributed by atoms with Crippen LogP contribution in [0, 0.1) is 0 Å². The molecular weight excluding hydrogens is 296 g/mol. The molecule has 1 aliphatic carbocycles. The zero-order valence-electron chi connectivity index (χ0n) is 13.2. The molecule has 0 radical (unpaired) electrons. The number of likely N-dealkylation sites (N-methyl/N-ethyl adjacent to an activating group) is 1. The number of benzene rings is 1. The van der Waals surface area contributed by atoms with Gasteiger partial charge < -0.3 is 20.4 Å². The summed E-state index contributed by atoms with van der Waals surface area (Å²) < 4.78 is 0. The van der Waals surface area contributed by atoms with Crippen LogP contribution in [0.15, 0.2) is 41.7 Å². The molecule has 0 aromatic heterocycles. The molecule has 1 aromatic rings. The van der Waals surface area contributed by atoms with E-state index in [2.05, 4.69) is 5.32 Å². The number of rotatable bonds is 6. The van der Waals surface area contributed by atoms with E-state index in [0.717, 1.165) is 5.56 Å². The van der Waals surface area contributed by atoms with Crippen LogP contribution in [-0.2, 0) is 16.0 Å². The first-order valence-corrected chi connectivity index (χ1v) is 7.39. The number of nitrogens with one attached hydrogen (secondary N) is 1. The van der Waals surface area contributed by atoms with E-state index in [1.54, 1.807) is 30.1 Å². The average Bonchev–Trinajstić information content (AvgIpc) is 2.52. The molecule has 1 aliphatic rings. The molecule has 23 heavy (non-hydrogen) atoms. The highest BCUT2D eigenvalue weighted by molar-refractivity contribution is 6.20. The largest absolute Gasteiger partial charge is 0.508 e. The Balaban J connectivity index is 2.18. The summed E-state index contributed by atoms with van der Waals surface area (Å²) in [5, 5.41) is 21.5. The van der Waals surface area contributed by atoms with E-state index in [0.29, 0.717) is 12.1 Å². The fraction of sp³-hybridized carbons (Fsp3) is 0.294. The minimum atomic E-state index is -0.310. The van der Waals surface area contributed by atoms with Crippen LogP contribution in [0.1, 0.15) is 12.5 Å². The van der Waals surface area contributed by atoms with Crippen molar-refractivity contribution in [2.24, 2.45) is 0 Å². The molecule has 0 atom stereocenters. The predicted octanol–water partition coefficient (Wildman–Crippen LogP) is 1.21. The van der Waals surface area contributed by atoms with Gasteiger partial charge in [-0.05, 0) is 30.2 Å². The average molecular weight is 316 g/mol. The number of nitrogens with zero attached hydrogens (tertiary/aromatic N) is 1. The maximum atomic E-state index is 12.2. The van der Waals surface area contributed by atoms with Crippen molar-refractivity contribution in [3.63, 3.8) is 0 Å². The van der Waals surface area contributed by atoms with Crippen LogP contribution >= 0.6 is 0 Å². The van der Waals surface area contributed by atoms with Crippen LogP contribution in [0.2, 0.25) is 0 Å². The molecule has 0 aliphatic heterocycles. The summed E-state index contributed by atoms with van der Waals surface area (Å²) in [5.74, 6) is -0.404. The molecule has 6 nitrogen and oxygen atoms in total. The number of phenols is 1. The highest BCUT2D eigenvalue weighted by Gasteiger charge is 2.22. The third-order valence-corrected chi connectivity index (χ3v) is 3.65. The van der Waals surface area contributed by atoms with Crippen molar-refractivity contribution in [2.75, 3.05) is 25.5 Å². The summed E-state index contributed by atoms with van der Waals surface area (Å²) in [6.45, 7) is 2.09. The number of ketones is 2. The molecule has 1 aromatic carbocycles. The van der Waals surface area contributed by atoms with Gasteiger partial charge in [0.15, 0.2) is 0 Å². The second kappa shape index (κ2) is 7.11. The van der Waals surface area contributed by atoms with E-state index in [9.17, 15) is 14.7 Å². The van der Waals surface area contributed by atoms with E-state index in [-0.39, 0.29) is 41.9 Å². The van der Waals surface area contributed by atoms with Crippen LogP contribution in [0.3, 0.4) is 0 Å². The Morgan fingerprint density at radius 3 is 2.57 bits per heavy atom. The fourth-order valence-electron chi connectivity index (χ4n) is 2.32. The second-order valence-electron chi connectivity index (χ2n) is 5.28. The monoisotopic (exact) mass is 316 g/mol. The molecule has 6 heteroatoms. The van der Waals surface area contributed by atoms with E-state index in [1.165, 1.54) is 12.2 Å². The Bertz CT molecular complexity index is 692. The summed E-state index contributed by atoms with van der Waals surface area (Å²) in [6, 6.07) is 4.93. The summed E-state index contributed by atoms with van der Waals surface area (Å²) in [4.78, 5) is 25.9. The molecule has 0 saturated heterocycles. The SMILES string of the molecule is CCc1cc(NC2=CC(=O)C(N(C)CCO)=CC2=O)ccc1O. The Kier molecular flexibility index (Phi) is 5.18. The molecule has 3 N–H and O–H groups in total. The molecule has 0 saturated carbocycles. The molecular formula is C17H20N2O4. The highest BCUT2D eigenvalue weighted by Crippen LogP contribution is 2.24. The number of anilines is 1. The fourth-order valence-corrected chi connectivity index (χ4v) is 2.32. The third-order valence-electron chi connectivity index (χ3n) is 3.65. The lowest BCUT2D eigenvalue weighted by atomic mass is 10.0. The number of aryl methyl sites for hydroxylation is 1. The van der Waals surface area contributed by atoms with E-state index in [1.807, 2.05) is 6.92 Å². The second-order valence-corrected chi connectivity index (χ2v) is 5.28. The summed E-state index contributed by atoms with van der Waals surface area (Å²) >= 11 is 0. The molecule has 0 spiro atoms. The van der Waals surface area contributed by atoms with Crippen LogP contribution in [0.25, 0.3) is 0 Å². The predicted molar refractivity (Wildman–Crippen MR) is 87.0 cm³/mol. The van der Waals surface area contributed by atoms with Crippen LogP contribution in [0.4, 0.5) is 5.69 Å². The minimum Gasteiger partial charge on any atom is -0.508 e. The summed E-state index contributed by atoms with van der Waals surface area (Å²) in [7, 11) is 1.65. The van der Waals surface area contributed by atoms with Gasteiger partial charge >= 0.3 is 0 Å². The van der Waals surface area contributed by atoms with Gasteiger partial charge in [-0.15, -0.1) is 0 Å². The van der Waals surface area contributed by atoms with Crippen LogP contribution in [0.5, 0.6) is 5.75 Å². The number of carbonyl (C=O) groups excluding carboxylic acids is 2. The Hall–Kier alpha value is -2.60. The third kappa shape index (κ3) is 3.78. The van der Waals surface area contributed by atoms with Crippen LogP contribution < -0.4 is 5.32 Å². The topological polar surface area (TPSA) is 89.9 Å². The van der Waals surface area contributed by atoms with Gasteiger partial charge in [-0.25, -0.2) is 0 Å². The van der Waals surface area contributed by atoms with E-state index >= 15 is 0 Å². The summed E-state index contributed by atoms with van der Waals surface area (Å²) in [6.07, 6.45) is 3.18. The van der Waals surface area contributed by atoms with Crippen molar-refractivity contribution in [3.8, 4) is 5.75 Å². The van der Waals surface area contributed by atoms with Crippen molar-refractivity contribution >= 4 is 17.3 Å². The van der Waals surface area contributed by atoms with Crippen molar-refractivity contribution in [2.45, 2.75) is 13.3 Å². The number of hydrogen-bond donors (Lipinski definition) is 3. The molecule has 122 valence electrons. The van der Waals surface area contributed by atoms with Crippen molar-refractivity contribution in [3.05, 3.63) is 47.3 Å². The summed E-state index contributed by atoms with van der Waals surface area (Å²) in [5.41, 5.74) is 1.83. The molecule has 0 bridgehead atoms. The maximum absolute atomic E-state index is 12.2. The van der Waals surface area contributed by atoms with Gasteiger partial charge in [-0.3, -0.25) is 9.59 Å². The van der Waals surface area contributed by atoms with Gasteiger partial charge in [0, 0.05) is 31.4 Å². The lowest BCUT2D eigenvalue weighted by molar-refractivity contribution is -0.116. The van der Waals surface area contributed by atoms with Gasteiger partial charge in [-0.2, -0.15) is 0 Å². The van der Waals surface area contributed by atoms with E-state index < -0.39 is 0 Å². The lowest BCUT2D eigenvalue weighted by Crippen LogP contribution is -2.30. The van der Waals surface area contributed by atoms with Crippen molar-refractivity contribution in [1.29, 1.82) is 0 Å². The quantitative estimate of drug-likeness (QED) is 0.540. The minimum absolute atomic E-state index is 0.0998. The molecule has 2 rings (SSSR count). The lowest BCUT2D eigenvalue weighted by Gasteiger charge is -2.22. The molecule has 0 unspecified atom stereocenters. The Morgan fingerprint density at radius 2 is 1.91 bits per heavy atom. The van der Waals surface area contributed by atoms with E-state index in [4.69, 9.17) is 5.11 Å². The zero-order chi connectivity index (χ0) is 17.0. The number of phenolic OH excluding ortho intramolecular Hbond substituents is 1.